The van der Waals surface area contributed by atoms with Gasteiger partial charge >= 0.3 is 0 Å². The maximum Gasteiger partial charge on any atom is 0.231 e. The Morgan fingerprint density at radius 1 is 1.13 bits per heavy atom. The summed E-state index contributed by atoms with van der Waals surface area (Å²) in [5.41, 5.74) is 1.93. The molecule has 0 aliphatic carbocycles. The van der Waals surface area contributed by atoms with E-state index >= 15 is 0 Å². The van der Waals surface area contributed by atoms with Crippen molar-refractivity contribution in [1.82, 2.24) is 4.90 Å². The van der Waals surface area contributed by atoms with Crippen molar-refractivity contribution in [3.8, 4) is 5.75 Å². The highest BCUT2D eigenvalue weighted by Gasteiger charge is 2.40. The van der Waals surface area contributed by atoms with Gasteiger partial charge in [0, 0.05) is 19.0 Å². The second-order valence-electron chi connectivity index (χ2n) is 5.76. The highest BCUT2D eigenvalue weighted by atomic mass is 16.5. The lowest BCUT2D eigenvalue weighted by Gasteiger charge is -2.17. The van der Waals surface area contributed by atoms with E-state index in [1.807, 2.05) is 54.6 Å². The first-order valence-electron chi connectivity index (χ1n) is 7.65. The van der Waals surface area contributed by atoms with E-state index in [0.717, 1.165) is 23.2 Å². The fraction of sp³-hybridized carbons (Fsp3) is 0.263. The van der Waals surface area contributed by atoms with Crippen LogP contribution in [0.1, 0.15) is 17.0 Å². The molecule has 2 aromatic carbocycles. The van der Waals surface area contributed by atoms with Crippen LogP contribution in [0.3, 0.4) is 0 Å². The number of rotatable bonds is 5. The molecule has 0 aromatic heterocycles. The van der Waals surface area contributed by atoms with Crippen LogP contribution >= 0.6 is 0 Å². The molecular formula is C19H19NO3. The zero-order valence-electron chi connectivity index (χ0n) is 13.0. The molecule has 0 saturated carbocycles. The van der Waals surface area contributed by atoms with Gasteiger partial charge in [-0.3, -0.25) is 4.79 Å². The molecule has 4 nitrogen and oxygen atoms in total. The number of likely N-dealkylation sites (tertiary alicyclic amines) is 1. The van der Waals surface area contributed by atoms with Crippen LogP contribution in [0.5, 0.6) is 5.75 Å². The lowest BCUT2D eigenvalue weighted by molar-refractivity contribution is -0.129. The molecule has 0 N–H and O–H groups in total. The predicted molar refractivity (Wildman–Crippen MR) is 87.1 cm³/mol. The smallest absolute Gasteiger partial charge is 0.231 e. The van der Waals surface area contributed by atoms with Crippen LogP contribution in [-0.2, 0) is 16.1 Å². The summed E-state index contributed by atoms with van der Waals surface area (Å²) >= 11 is 0. The van der Waals surface area contributed by atoms with Crippen molar-refractivity contribution in [2.45, 2.75) is 12.5 Å². The van der Waals surface area contributed by atoms with Crippen molar-refractivity contribution in [2.24, 2.45) is 5.92 Å². The number of nitrogens with zero attached hydrogens (tertiary/aromatic N) is 1. The lowest BCUT2D eigenvalue weighted by Crippen LogP contribution is -2.26. The van der Waals surface area contributed by atoms with Crippen molar-refractivity contribution in [3.05, 3.63) is 65.7 Å². The fourth-order valence-electron chi connectivity index (χ4n) is 3.10. The number of hydrogen-bond acceptors (Lipinski definition) is 3. The number of benzene rings is 2. The van der Waals surface area contributed by atoms with Gasteiger partial charge in [-0.25, -0.2) is 0 Å². The normalized spacial score (nSPS) is 20.6. The molecule has 2 unspecified atom stereocenters. The van der Waals surface area contributed by atoms with E-state index in [1.54, 1.807) is 12.0 Å². The number of carbonyl (C=O) groups excluding carboxylic acids is 2. The van der Waals surface area contributed by atoms with Crippen molar-refractivity contribution < 1.29 is 14.3 Å². The summed E-state index contributed by atoms with van der Waals surface area (Å²) in [6.07, 6.45) is 0.906. The number of methoxy groups -OCH3 is 1. The summed E-state index contributed by atoms with van der Waals surface area (Å²) in [7, 11) is 1.62. The third kappa shape index (κ3) is 3.11. The SMILES string of the molecule is COc1ccc(CN2CC(C=O)C(c3ccccc3)C2=O)cc1. The van der Waals surface area contributed by atoms with Crippen LogP contribution in [0, 0.1) is 5.92 Å². The predicted octanol–water partition coefficient (Wildman–Crippen LogP) is 2.64. The second kappa shape index (κ2) is 6.65. The van der Waals surface area contributed by atoms with E-state index in [9.17, 15) is 9.59 Å². The van der Waals surface area contributed by atoms with E-state index in [1.165, 1.54) is 0 Å². The molecule has 0 spiro atoms. The lowest BCUT2D eigenvalue weighted by atomic mass is 9.89. The summed E-state index contributed by atoms with van der Waals surface area (Å²) in [6, 6.07) is 17.2. The first-order valence-corrected chi connectivity index (χ1v) is 7.65. The van der Waals surface area contributed by atoms with Crippen molar-refractivity contribution in [3.63, 3.8) is 0 Å². The average molecular weight is 309 g/mol. The molecular weight excluding hydrogens is 290 g/mol. The topological polar surface area (TPSA) is 46.6 Å². The Labute approximate surface area is 135 Å². The van der Waals surface area contributed by atoms with E-state index in [2.05, 4.69) is 0 Å². The van der Waals surface area contributed by atoms with Crippen LogP contribution < -0.4 is 4.74 Å². The van der Waals surface area contributed by atoms with E-state index in [-0.39, 0.29) is 17.7 Å². The molecule has 0 bridgehead atoms. The molecule has 1 saturated heterocycles. The van der Waals surface area contributed by atoms with Crippen molar-refractivity contribution in [2.75, 3.05) is 13.7 Å². The maximum absolute atomic E-state index is 12.7. The molecule has 118 valence electrons. The summed E-state index contributed by atoms with van der Waals surface area (Å²) in [4.78, 5) is 25.9. The molecule has 1 amide bonds. The zero-order valence-corrected chi connectivity index (χ0v) is 13.0. The monoisotopic (exact) mass is 309 g/mol. The van der Waals surface area contributed by atoms with E-state index in [0.29, 0.717) is 13.1 Å². The standard InChI is InChI=1S/C19H19NO3/c1-23-17-9-7-14(8-10-17)11-20-12-16(13-21)18(19(20)22)15-5-3-2-4-6-15/h2-10,13,16,18H,11-12H2,1H3. The van der Waals surface area contributed by atoms with Crippen LogP contribution in [0.4, 0.5) is 0 Å². The summed E-state index contributed by atoms with van der Waals surface area (Å²) < 4.78 is 5.14. The molecule has 4 heteroatoms. The summed E-state index contributed by atoms with van der Waals surface area (Å²) in [5, 5.41) is 0. The van der Waals surface area contributed by atoms with Gasteiger partial charge in [0.1, 0.15) is 12.0 Å². The van der Waals surface area contributed by atoms with Gasteiger partial charge in [0.15, 0.2) is 0 Å². The molecule has 2 aromatic rings. The number of amides is 1. The quantitative estimate of drug-likeness (QED) is 0.798. The Morgan fingerprint density at radius 3 is 2.43 bits per heavy atom. The Hall–Kier alpha value is -2.62. The van der Waals surface area contributed by atoms with E-state index in [4.69, 9.17) is 4.74 Å². The van der Waals surface area contributed by atoms with Gasteiger partial charge < -0.3 is 14.4 Å². The first-order chi connectivity index (χ1) is 11.2. The Morgan fingerprint density at radius 2 is 1.83 bits per heavy atom. The van der Waals surface area contributed by atoms with Crippen LogP contribution in [0.15, 0.2) is 54.6 Å². The Bertz CT molecular complexity index is 682. The van der Waals surface area contributed by atoms with Crippen LogP contribution in [0.25, 0.3) is 0 Å². The molecule has 1 heterocycles. The molecule has 2 atom stereocenters. The Balaban J connectivity index is 1.79. The van der Waals surface area contributed by atoms with Gasteiger partial charge in [-0.2, -0.15) is 0 Å². The van der Waals surface area contributed by atoms with Crippen molar-refractivity contribution in [1.29, 1.82) is 0 Å². The molecule has 0 radical (unpaired) electrons. The Kier molecular flexibility index (Phi) is 4.42. The third-order valence-electron chi connectivity index (χ3n) is 4.30. The molecule has 3 rings (SSSR count). The molecule has 1 aliphatic heterocycles. The van der Waals surface area contributed by atoms with Gasteiger partial charge in [-0.05, 0) is 23.3 Å². The minimum Gasteiger partial charge on any atom is -0.497 e. The van der Waals surface area contributed by atoms with Crippen LogP contribution in [0.2, 0.25) is 0 Å². The highest BCUT2D eigenvalue weighted by Crippen LogP contribution is 2.33. The number of hydrogen-bond donors (Lipinski definition) is 0. The van der Waals surface area contributed by atoms with E-state index < -0.39 is 0 Å². The minimum atomic E-state index is -0.369. The van der Waals surface area contributed by atoms with Gasteiger partial charge in [-0.1, -0.05) is 42.5 Å². The van der Waals surface area contributed by atoms with Gasteiger partial charge in [0.05, 0.1) is 13.0 Å². The zero-order chi connectivity index (χ0) is 16.2. The minimum absolute atomic E-state index is 0.0177. The van der Waals surface area contributed by atoms with Gasteiger partial charge in [0.2, 0.25) is 5.91 Å². The second-order valence-corrected chi connectivity index (χ2v) is 5.76. The third-order valence-corrected chi connectivity index (χ3v) is 4.30. The largest absolute Gasteiger partial charge is 0.497 e. The number of carbonyl (C=O) groups is 2. The first kappa shape index (κ1) is 15.3. The van der Waals surface area contributed by atoms with Gasteiger partial charge in [-0.15, -0.1) is 0 Å². The molecule has 1 aliphatic rings. The van der Waals surface area contributed by atoms with Gasteiger partial charge in [0.25, 0.3) is 0 Å². The number of aldehydes is 1. The summed E-state index contributed by atoms with van der Waals surface area (Å²) in [6.45, 7) is 0.977. The molecule has 1 fully saturated rings. The van der Waals surface area contributed by atoms with Crippen LogP contribution in [-0.4, -0.2) is 30.7 Å². The van der Waals surface area contributed by atoms with Crippen molar-refractivity contribution >= 4 is 12.2 Å². The fourth-order valence-corrected chi connectivity index (χ4v) is 3.10. The number of ether oxygens (including phenoxy) is 1. The average Bonchev–Trinajstić information content (AvgIpc) is 2.92. The maximum atomic E-state index is 12.7. The highest BCUT2D eigenvalue weighted by molar-refractivity contribution is 5.90. The molecule has 23 heavy (non-hydrogen) atoms. The summed E-state index contributed by atoms with van der Waals surface area (Å²) in [5.74, 6) is 0.147.